The number of benzene rings is 2. The molecular weight excluding hydrogens is 318 g/mol. The molecule has 2 unspecified atom stereocenters. The summed E-state index contributed by atoms with van der Waals surface area (Å²) >= 11 is 1.81. The lowest BCUT2D eigenvalue weighted by Gasteiger charge is -2.28. The number of urea groups is 1. The lowest BCUT2D eigenvalue weighted by atomic mass is 10.2. The van der Waals surface area contributed by atoms with Crippen molar-refractivity contribution in [2.24, 2.45) is 0 Å². The molecule has 0 saturated heterocycles. The number of fused-ring (bicyclic) bond motifs is 3. The maximum absolute atomic E-state index is 13.0. The summed E-state index contributed by atoms with van der Waals surface area (Å²) in [5, 5.41) is 5.50. The number of carbonyl (C=O) groups excluding carboxylic acids is 1. The van der Waals surface area contributed by atoms with Crippen molar-refractivity contribution >= 4 is 34.9 Å². The molecule has 0 fully saturated rings. The van der Waals surface area contributed by atoms with Gasteiger partial charge in [-0.15, -0.1) is 11.8 Å². The number of amides is 2. The first-order valence-corrected chi connectivity index (χ1v) is 9.03. The first kappa shape index (κ1) is 15.1. The molecule has 0 aliphatic carbocycles. The maximum atomic E-state index is 13.0. The van der Waals surface area contributed by atoms with E-state index in [2.05, 4.69) is 34.8 Å². The van der Waals surface area contributed by atoms with E-state index in [1.807, 2.05) is 65.2 Å². The van der Waals surface area contributed by atoms with E-state index < -0.39 is 0 Å². The number of rotatable bonds is 1. The fourth-order valence-corrected chi connectivity index (χ4v) is 4.38. The third-order valence-electron chi connectivity index (χ3n) is 4.41. The zero-order valence-corrected chi connectivity index (χ0v) is 14.2. The Morgan fingerprint density at radius 2 is 1.79 bits per heavy atom. The van der Waals surface area contributed by atoms with E-state index in [-0.39, 0.29) is 12.1 Å². The van der Waals surface area contributed by atoms with Crippen LogP contribution in [0, 0.1) is 0 Å². The van der Waals surface area contributed by atoms with Gasteiger partial charge >= 0.3 is 6.03 Å². The summed E-state index contributed by atoms with van der Waals surface area (Å²) in [7, 11) is 0. The van der Waals surface area contributed by atoms with Gasteiger partial charge in [-0.2, -0.15) is 0 Å². The van der Waals surface area contributed by atoms with Gasteiger partial charge in [0.05, 0.1) is 16.7 Å². The molecule has 2 heterocycles. The zero-order chi connectivity index (χ0) is 16.5. The average Bonchev–Trinajstić information content (AvgIpc) is 3.00. The van der Waals surface area contributed by atoms with Crippen LogP contribution < -0.4 is 15.1 Å². The molecule has 1 N–H and O–H groups in total. The summed E-state index contributed by atoms with van der Waals surface area (Å²) in [5.74, 6) is 0. The molecule has 5 heteroatoms. The fraction of sp³-hybridized carbons (Fsp3) is 0.211. The number of carbonyl (C=O) groups is 1. The Bertz CT molecular complexity index is 777. The Labute approximate surface area is 146 Å². The highest BCUT2D eigenvalue weighted by Crippen LogP contribution is 2.43. The largest absolute Gasteiger partial charge is 0.333 e. The third kappa shape index (κ3) is 2.65. The van der Waals surface area contributed by atoms with E-state index in [0.717, 1.165) is 23.5 Å². The third-order valence-corrected chi connectivity index (χ3v) is 5.43. The molecule has 0 saturated carbocycles. The molecule has 0 spiro atoms. The van der Waals surface area contributed by atoms with Crippen LogP contribution in [0.2, 0.25) is 0 Å². The van der Waals surface area contributed by atoms with E-state index in [4.69, 9.17) is 0 Å². The highest BCUT2D eigenvalue weighted by atomic mass is 32.2. The number of hydrogen-bond acceptors (Lipinski definition) is 3. The van der Waals surface area contributed by atoms with Crippen LogP contribution in [-0.2, 0) is 0 Å². The van der Waals surface area contributed by atoms with E-state index in [1.54, 1.807) is 0 Å². The van der Waals surface area contributed by atoms with Crippen molar-refractivity contribution in [3.63, 3.8) is 0 Å². The number of nitrogens with one attached hydrogen (secondary N) is 1. The molecule has 2 aliphatic heterocycles. The molecule has 0 aromatic heterocycles. The van der Waals surface area contributed by atoms with Crippen molar-refractivity contribution < 1.29 is 4.79 Å². The van der Waals surface area contributed by atoms with E-state index >= 15 is 0 Å². The minimum Gasteiger partial charge on any atom is -0.333 e. The Balaban J connectivity index is 1.71. The quantitative estimate of drug-likeness (QED) is 0.806. The minimum atomic E-state index is -0.0868. The number of nitrogens with zero attached hydrogens (tertiary/aromatic N) is 2. The van der Waals surface area contributed by atoms with Crippen LogP contribution in [-0.4, -0.2) is 17.4 Å². The smallest absolute Gasteiger partial charge is 0.326 e. The summed E-state index contributed by atoms with van der Waals surface area (Å²) in [6.07, 6.45) is 3.02. The minimum absolute atomic E-state index is 0.0868. The number of thioether (sulfide) groups is 1. The summed E-state index contributed by atoms with van der Waals surface area (Å²) in [6.45, 7) is 2.11. The second-order valence-electron chi connectivity index (χ2n) is 6.02. The molecule has 0 bridgehead atoms. The van der Waals surface area contributed by atoms with E-state index in [9.17, 15) is 4.79 Å². The van der Waals surface area contributed by atoms with E-state index in [1.165, 1.54) is 0 Å². The van der Waals surface area contributed by atoms with Crippen LogP contribution in [0.15, 0.2) is 66.2 Å². The van der Waals surface area contributed by atoms with Gasteiger partial charge in [0, 0.05) is 17.9 Å². The number of para-hydroxylation sites is 3. The molecule has 122 valence electrons. The normalized spacial score (nSPS) is 21.9. The number of anilines is 3. The molecule has 2 aliphatic rings. The molecular formula is C19H19N3OS. The standard InChI is InChI=1S/C19H19N3OS/c1-14-13-18-21(11-12-24-18)16-9-5-6-10-17(16)22(14)19(23)20-15-7-3-2-4-8-15/h2-12,14,18H,13H2,1H3,(H,20,23). The summed E-state index contributed by atoms with van der Waals surface area (Å²) in [5.41, 5.74) is 2.84. The van der Waals surface area contributed by atoms with Crippen LogP contribution in [0.4, 0.5) is 21.9 Å². The predicted octanol–water partition coefficient (Wildman–Crippen LogP) is 4.87. The Morgan fingerprint density at radius 3 is 2.58 bits per heavy atom. The summed E-state index contributed by atoms with van der Waals surface area (Å²) in [6, 6.07) is 17.7. The highest BCUT2D eigenvalue weighted by Gasteiger charge is 2.35. The second-order valence-corrected chi connectivity index (χ2v) is 7.11. The van der Waals surface area contributed by atoms with Crippen molar-refractivity contribution in [1.82, 2.24) is 0 Å². The average molecular weight is 337 g/mol. The first-order chi connectivity index (χ1) is 11.7. The SMILES string of the molecule is CC1CC2SC=CN2c2ccccc2N1C(=O)Nc1ccccc1. The Hall–Kier alpha value is -2.40. The van der Waals surface area contributed by atoms with Gasteiger partial charge in [0.15, 0.2) is 0 Å². The molecule has 4 nitrogen and oxygen atoms in total. The van der Waals surface area contributed by atoms with Crippen molar-refractivity contribution in [3.05, 3.63) is 66.2 Å². The van der Waals surface area contributed by atoms with Gasteiger partial charge in [-0.25, -0.2) is 4.79 Å². The van der Waals surface area contributed by atoms with Crippen LogP contribution in [0.1, 0.15) is 13.3 Å². The lowest BCUT2D eigenvalue weighted by molar-refractivity contribution is 0.255. The zero-order valence-electron chi connectivity index (χ0n) is 13.4. The molecule has 2 aromatic rings. The molecule has 2 aromatic carbocycles. The van der Waals surface area contributed by atoms with Crippen molar-refractivity contribution in [1.29, 1.82) is 0 Å². The van der Waals surface area contributed by atoms with Gasteiger partial charge in [-0.05, 0) is 43.0 Å². The topological polar surface area (TPSA) is 35.6 Å². The van der Waals surface area contributed by atoms with Crippen molar-refractivity contribution in [2.45, 2.75) is 24.8 Å². The number of hydrogen-bond donors (Lipinski definition) is 1. The highest BCUT2D eigenvalue weighted by molar-refractivity contribution is 8.03. The van der Waals surface area contributed by atoms with Crippen LogP contribution in [0.3, 0.4) is 0 Å². The Morgan fingerprint density at radius 1 is 1.08 bits per heavy atom. The van der Waals surface area contributed by atoms with Gasteiger partial charge in [-0.1, -0.05) is 30.3 Å². The van der Waals surface area contributed by atoms with Gasteiger partial charge in [0.1, 0.15) is 0 Å². The monoisotopic (exact) mass is 337 g/mol. The second kappa shape index (κ2) is 6.24. The molecule has 2 atom stereocenters. The van der Waals surface area contributed by atoms with E-state index in [0.29, 0.717) is 5.37 Å². The predicted molar refractivity (Wildman–Crippen MR) is 101 cm³/mol. The van der Waals surface area contributed by atoms with Crippen LogP contribution in [0.25, 0.3) is 0 Å². The van der Waals surface area contributed by atoms with Gasteiger partial charge in [0.25, 0.3) is 0 Å². The Kier molecular flexibility index (Phi) is 3.94. The maximum Gasteiger partial charge on any atom is 0.326 e. The fourth-order valence-electron chi connectivity index (χ4n) is 3.29. The lowest BCUT2D eigenvalue weighted by Crippen LogP contribution is -2.42. The van der Waals surface area contributed by atoms with Crippen molar-refractivity contribution in [2.75, 3.05) is 15.1 Å². The first-order valence-electron chi connectivity index (χ1n) is 8.09. The van der Waals surface area contributed by atoms with Crippen LogP contribution >= 0.6 is 11.8 Å². The molecule has 4 rings (SSSR count). The molecule has 0 radical (unpaired) electrons. The van der Waals surface area contributed by atoms with Gasteiger partial charge < -0.3 is 10.2 Å². The van der Waals surface area contributed by atoms with Gasteiger partial charge in [0.2, 0.25) is 0 Å². The van der Waals surface area contributed by atoms with Crippen LogP contribution in [0.5, 0.6) is 0 Å². The summed E-state index contributed by atoms with van der Waals surface area (Å²) in [4.78, 5) is 17.1. The summed E-state index contributed by atoms with van der Waals surface area (Å²) < 4.78 is 0. The molecule has 24 heavy (non-hydrogen) atoms. The van der Waals surface area contributed by atoms with Crippen molar-refractivity contribution in [3.8, 4) is 0 Å². The molecule has 2 amide bonds. The van der Waals surface area contributed by atoms with Gasteiger partial charge in [-0.3, -0.25) is 4.90 Å².